The molecule has 0 saturated carbocycles. The Morgan fingerprint density at radius 1 is 0.962 bits per heavy atom. The van der Waals surface area contributed by atoms with Gasteiger partial charge < -0.3 is 14.6 Å². The summed E-state index contributed by atoms with van der Waals surface area (Å²) in [6.45, 7) is 0.0374. The Bertz CT molecular complexity index is 905. The summed E-state index contributed by atoms with van der Waals surface area (Å²) in [7, 11) is 2.96. The minimum absolute atomic E-state index is 0.0374. The molecule has 1 aliphatic rings. The van der Waals surface area contributed by atoms with Crippen LogP contribution in [0.25, 0.3) is 5.57 Å². The van der Waals surface area contributed by atoms with E-state index in [1.807, 2.05) is 0 Å². The fraction of sp³-hybridized carbons (Fsp3) is 0.158. The maximum Gasteiger partial charge on any atom is 0.296 e. The highest BCUT2D eigenvalue weighted by Gasteiger charge is 2.39. The van der Waals surface area contributed by atoms with E-state index in [2.05, 4.69) is 0 Å². The molecule has 2 amide bonds. The van der Waals surface area contributed by atoms with Crippen molar-refractivity contribution in [3.8, 4) is 11.5 Å². The van der Waals surface area contributed by atoms with Gasteiger partial charge in [-0.3, -0.25) is 14.5 Å². The van der Waals surface area contributed by atoms with Crippen molar-refractivity contribution in [2.75, 3.05) is 14.2 Å². The highest BCUT2D eigenvalue weighted by atomic mass is 35.5. The van der Waals surface area contributed by atoms with Crippen LogP contribution in [0, 0.1) is 0 Å². The van der Waals surface area contributed by atoms with Crippen molar-refractivity contribution in [2.24, 2.45) is 0 Å². The quantitative estimate of drug-likeness (QED) is 0.814. The zero-order chi connectivity index (χ0) is 18.8. The van der Waals surface area contributed by atoms with E-state index in [0.717, 1.165) is 10.5 Å². The van der Waals surface area contributed by atoms with Gasteiger partial charge in [-0.2, -0.15) is 0 Å². The molecule has 134 valence electrons. The van der Waals surface area contributed by atoms with Gasteiger partial charge in [-0.1, -0.05) is 29.8 Å². The summed E-state index contributed by atoms with van der Waals surface area (Å²) in [6, 6.07) is 11.5. The second-order valence-corrected chi connectivity index (χ2v) is 6.05. The first kappa shape index (κ1) is 17.8. The fourth-order valence-electron chi connectivity index (χ4n) is 2.73. The maximum absolute atomic E-state index is 12.7. The standard InChI is InChI=1S/C19H16ClNO5/c1-25-14-8-5-12(9-15(14)26-2)16-17(22)19(24)21(18(16)23)10-11-3-6-13(20)7-4-11/h3-9,22H,10H2,1-2H3. The molecule has 1 aliphatic heterocycles. The van der Waals surface area contributed by atoms with Crippen molar-refractivity contribution in [3.63, 3.8) is 0 Å². The number of hydrogen-bond acceptors (Lipinski definition) is 5. The van der Waals surface area contributed by atoms with E-state index in [1.54, 1.807) is 42.5 Å². The molecule has 0 radical (unpaired) electrons. The lowest BCUT2D eigenvalue weighted by atomic mass is 10.0. The smallest absolute Gasteiger partial charge is 0.296 e. The predicted octanol–water partition coefficient (Wildman–Crippen LogP) is 3.20. The molecule has 7 heteroatoms. The first-order chi connectivity index (χ1) is 12.5. The Balaban J connectivity index is 1.92. The molecule has 6 nitrogen and oxygen atoms in total. The van der Waals surface area contributed by atoms with E-state index in [1.165, 1.54) is 14.2 Å². The molecule has 0 spiro atoms. The minimum atomic E-state index is -0.741. The first-order valence-corrected chi connectivity index (χ1v) is 8.10. The Morgan fingerprint density at radius 2 is 1.62 bits per heavy atom. The van der Waals surface area contributed by atoms with Crippen LogP contribution in [-0.4, -0.2) is 36.0 Å². The van der Waals surface area contributed by atoms with Crippen molar-refractivity contribution < 1.29 is 24.2 Å². The van der Waals surface area contributed by atoms with Crippen LogP contribution in [0.4, 0.5) is 0 Å². The number of aliphatic hydroxyl groups excluding tert-OH is 1. The molecule has 0 aliphatic carbocycles. The molecule has 3 rings (SSSR count). The number of carbonyl (C=O) groups excluding carboxylic acids is 2. The van der Waals surface area contributed by atoms with E-state index in [4.69, 9.17) is 21.1 Å². The summed E-state index contributed by atoms with van der Waals surface area (Å²) in [5, 5.41) is 10.8. The number of methoxy groups -OCH3 is 2. The molecule has 2 aromatic carbocycles. The van der Waals surface area contributed by atoms with Gasteiger partial charge in [0.05, 0.1) is 26.3 Å². The normalized spacial score (nSPS) is 14.2. The summed E-state index contributed by atoms with van der Waals surface area (Å²) >= 11 is 5.85. The SMILES string of the molecule is COc1ccc(C2=C(O)C(=O)N(Cc3ccc(Cl)cc3)C2=O)cc1OC. The van der Waals surface area contributed by atoms with Crippen molar-refractivity contribution in [3.05, 3.63) is 64.4 Å². The number of halogens is 1. The zero-order valence-electron chi connectivity index (χ0n) is 14.2. The van der Waals surface area contributed by atoms with E-state index in [0.29, 0.717) is 22.1 Å². The van der Waals surface area contributed by atoms with E-state index < -0.39 is 17.6 Å². The van der Waals surface area contributed by atoms with Crippen LogP contribution in [0.3, 0.4) is 0 Å². The van der Waals surface area contributed by atoms with Crippen LogP contribution >= 0.6 is 11.6 Å². The average Bonchev–Trinajstić information content (AvgIpc) is 2.86. The number of amides is 2. The molecular formula is C19H16ClNO5. The third-order valence-corrected chi connectivity index (χ3v) is 4.32. The second kappa shape index (κ2) is 7.09. The molecule has 0 fully saturated rings. The van der Waals surface area contributed by atoms with Crippen molar-refractivity contribution in [2.45, 2.75) is 6.54 Å². The van der Waals surface area contributed by atoms with Crippen LogP contribution in [0.5, 0.6) is 11.5 Å². The van der Waals surface area contributed by atoms with Gasteiger partial charge in [0.1, 0.15) is 0 Å². The third kappa shape index (κ3) is 3.11. The predicted molar refractivity (Wildman–Crippen MR) is 96.1 cm³/mol. The summed E-state index contributed by atoms with van der Waals surface area (Å²) < 4.78 is 10.4. The van der Waals surface area contributed by atoms with Crippen LogP contribution in [-0.2, 0) is 16.1 Å². The van der Waals surface area contributed by atoms with Crippen LogP contribution < -0.4 is 9.47 Å². The van der Waals surface area contributed by atoms with Gasteiger partial charge in [0, 0.05) is 5.02 Å². The Kier molecular flexibility index (Phi) is 4.86. The molecule has 2 aromatic rings. The Morgan fingerprint density at radius 3 is 2.23 bits per heavy atom. The molecule has 0 unspecified atom stereocenters. The lowest BCUT2D eigenvalue weighted by Gasteiger charge is -2.15. The van der Waals surface area contributed by atoms with Gasteiger partial charge in [0.15, 0.2) is 17.3 Å². The maximum atomic E-state index is 12.7. The number of imide groups is 1. The lowest BCUT2D eigenvalue weighted by Crippen LogP contribution is -2.31. The monoisotopic (exact) mass is 373 g/mol. The van der Waals surface area contributed by atoms with Crippen molar-refractivity contribution in [1.29, 1.82) is 0 Å². The molecule has 0 saturated heterocycles. The van der Waals surface area contributed by atoms with Crippen LogP contribution in [0.15, 0.2) is 48.2 Å². The second-order valence-electron chi connectivity index (χ2n) is 5.62. The molecular weight excluding hydrogens is 358 g/mol. The highest BCUT2D eigenvalue weighted by molar-refractivity contribution is 6.34. The number of carbonyl (C=O) groups is 2. The number of rotatable bonds is 5. The minimum Gasteiger partial charge on any atom is -0.502 e. The summed E-state index contributed by atoms with van der Waals surface area (Å²) in [6.07, 6.45) is 0. The largest absolute Gasteiger partial charge is 0.502 e. The summed E-state index contributed by atoms with van der Waals surface area (Å²) in [5.41, 5.74) is 1.03. The van der Waals surface area contributed by atoms with Gasteiger partial charge in [-0.05, 0) is 35.4 Å². The van der Waals surface area contributed by atoms with Gasteiger partial charge in [0.25, 0.3) is 11.8 Å². The fourth-order valence-corrected chi connectivity index (χ4v) is 2.86. The molecule has 26 heavy (non-hydrogen) atoms. The lowest BCUT2D eigenvalue weighted by molar-refractivity contribution is -0.138. The van der Waals surface area contributed by atoms with Gasteiger partial charge in [-0.25, -0.2) is 0 Å². The highest BCUT2D eigenvalue weighted by Crippen LogP contribution is 2.35. The molecule has 0 bridgehead atoms. The molecule has 1 heterocycles. The van der Waals surface area contributed by atoms with E-state index in [-0.39, 0.29) is 12.1 Å². The van der Waals surface area contributed by atoms with Crippen LogP contribution in [0.2, 0.25) is 5.02 Å². The third-order valence-electron chi connectivity index (χ3n) is 4.07. The van der Waals surface area contributed by atoms with Gasteiger partial charge in [-0.15, -0.1) is 0 Å². The Labute approximate surface area is 155 Å². The number of aliphatic hydroxyl groups is 1. The summed E-state index contributed by atoms with van der Waals surface area (Å²) in [4.78, 5) is 26.1. The van der Waals surface area contributed by atoms with Crippen LogP contribution in [0.1, 0.15) is 11.1 Å². The van der Waals surface area contributed by atoms with Gasteiger partial charge in [0.2, 0.25) is 0 Å². The van der Waals surface area contributed by atoms with Gasteiger partial charge >= 0.3 is 0 Å². The number of hydrogen-bond donors (Lipinski definition) is 1. The molecule has 1 N–H and O–H groups in total. The topological polar surface area (TPSA) is 76.1 Å². The van der Waals surface area contributed by atoms with Crippen molar-refractivity contribution in [1.82, 2.24) is 4.90 Å². The summed E-state index contributed by atoms with van der Waals surface area (Å²) in [5.74, 6) is -1.03. The zero-order valence-corrected chi connectivity index (χ0v) is 14.9. The van der Waals surface area contributed by atoms with E-state index in [9.17, 15) is 14.7 Å². The van der Waals surface area contributed by atoms with Crippen molar-refractivity contribution >= 4 is 29.0 Å². The number of nitrogens with zero attached hydrogens (tertiary/aromatic N) is 1. The molecule has 0 atom stereocenters. The first-order valence-electron chi connectivity index (χ1n) is 7.72. The Hall–Kier alpha value is -2.99. The number of benzene rings is 2. The average molecular weight is 374 g/mol. The van der Waals surface area contributed by atoms with E-state index >= 15 is 0 Å². The number of ether oxygens (including phenoxy) is 2. The molecule has 0 aromatic heterocycles.